The first-order chi connectivity index (χ1) is 11.5. The highest BCUT2D eigenvalue weighted by Gasteiger charge is 2.25. The zero-order valence-electron chi connectivity index (χ0n) is 13.7. The number of H-pyrrole nitrogens is 1. The Balaban J connectivity index is 1.89. The highest BCUT2D eigenvalue weighted by molar-refractivity contribution is 7.89. The van der Waals surface area contributed by atoms with Crippen LogP contribution in [0.4, 0.5) is 0 Å². The van der Waals surface area contributed by atoms with Gasteiger partial charge in [0.05, 0.1) is 4.90 Å². The van der Waals surface area contributed by atoms with Crippen LogP contribution in [0.2, 0.25) is 0 Å². The molecule has 1 aliphatic rings. The predicted molar refractivity (Wildman–Crippen MR) is 95.7 cm³/mol. The molecule has 2 heterocycles. The average Bonchev–Trinajstić information content (AvgIpc) is 2.78. The number of hydrogen-bond acceptors (Lipinski definition) is 4. The van der Waals surface area contributed by atoms with Crippen molar-refractivity contribution in [2.75, 3.05) is 13.1 Å². The Morgan fingerprint density at radius 3 is 2.33 bits per heavy atom. The van der Waals surface area contributed by atoms with Gasteiger partial charge in [0, 0.05) is 25.2 Å². The second kappa shape index (κ2) is 7.16. The van der Waals surface area contributed by atoms with Gasteiger partial charge in [0.2, 0.25) is 10.0 Å². The van der Waals surface area contributed by atoms with Crippen molar-refractivity contribution in [3.05, 3.63) is 29.0 Å². The first kappa shape index (κ1) is 17.3. The van der Waals surface area contributed by atoms with E-state index in [0.29, 0.717) is 29.3 Å². The van der Waals surface area contributed by atoms with Crippen molar-refractivity contribution in [1.29, 1.82) is 0 Å². The summed E-state index contributed by atoms with van der Waals surface area (Å²) in [6.45, 7) is 3.92. The van der Waals surface area contributed by atoms with Crippen molar-refractivity contribution in [2.45, 2.75) is 44.0 Å². The number of aromatic amines is 1. The minimum atomic E-state index is -3.42. The fourth-order valence-corrected chi connectivity index (χ4v) is 4.82. The molecule has 1 aromatic carbocycles. The standard InChI is InChI=1S/C16H22N4O2S2/c1-2-20-15(17-18-16(20)23)13-7-9-14(10-8-13)24(21,22)19-11-5-3-4-6-12-19/h7-10H,2-6,11-12H2,1H3,(H,18,23). The molecule has 0 amide bonds. The molecule has 1 N–H and O–H groups in total. The molecule has 0 radical (unpaired) electrons. The van der Waals surface area contributed by atoms with Crippen LogP contribution in [0.15, 0.2) is 29.2 Å². The molecular weight excluding hydrogens is 344 g/mol. The van der Waals surface area contributed by atoms with Crippen LogP contribution in [-0.4, -0.2) is 40.6 Å². The summed E-state index contributed by atoms with van der Waals surface area (Å²) in [5.41, 5.74) is 0.846. The molecule has 1 fully saturated rings. The summed E-state index contributed by atoms with van der Waals surface area (Å²) in [5.74, 6) is 0.723. The minimum Gasteiger partial charge on any atom is -0.300 e. The van der Waals surface area contributed by atoms with Gasteiger partial charge >= 0.3 is 0 Å². The van der Waals surface area contributed by atoms with Gasteiger partial charge in [-0.3, -0.25) is 5.10 Å². The summed E-state index contributed by atoms with van der Waals surface area (Å²) in [5, 5.41) is 7.02. The minimum absolute atomic E-state index is 0.338. The van der Waals surface area contributed by atoms with E-state index in [-0.39, 0.29) is 0 Å². The molecule has 0 saturated carbocycles. The van der Waals surface area contributed by atoms with E-state index in [2.05, 4.69) is 10.2 Å². The second-order valence-electron chi connectivity index (χ2n) is 5.94. The molecule has 3 rings (SSSR count). The highest BCUT2D eigenvalue weighted by atomic mass is 32.2. The quantitative estimate of drug-likeness (QED) is 0.844. The Morgan fingerprint density at radius 2 is 1.75 bits per heavy atom. The molecule has 0 unspecified atom stereocenters. The summed E-state index contributed by atoms with van der Waals surface area (Å²) in [4.78, 5) is 0.338. The van der Waals surface area contributed by atoms with Crippen molar-refractivity contribution in [3.63, 3.8) is 0 Å². The van der Waals surface area contributed by atoms with Crippen molar-refractivity contribution in [1.82, 2.24) is 19.1 Å². The Kier molecular flexibility index (Phi) is 5.17. The number of nitrogens with zero attached hydrogens (tertiary/aromatic N) is 3. The summed E-state index contributed by atoms with van der Waals surface area (Å²) >= 11 is 5.20. The lowest BCUT2D eigenvalue weighted by molar-refractivity contribution is 0.424. The van der Waals surface area contributed by atoms with Crippen LogP contribution in [0.25, 0.3) is 11.4 Å². The normalized spacial score (nSPS) is 16.9. The average molecular weight is 367 g/mol. The van der Waals surface area contributed by atoms with E-state index in [1.807, 2.05) is 11.5 Å². The van der Waals surface area contributed by atoms with Crippen LogP contribution in [0.3, 0.4) is 0 Å². The van der Waals surface area contributed by atoms with Crippen molar-refractivity contribution in [2.24, 2.45) is 0 Å². The third-order valence-electron chi connectivity index (χ3n) is 4.39. The SMILES string of the molecule is CCn1c(-c2ccc(S(=O)(=O)N3CCCCCC3)cc2)n[nH]c1=S. The van der Waals surface area contributed by atoms with Crippen LogP contribution in [0.5, 0.6) is 0 Å². The Bertz CT molecular complexity index is 845. The van der Waals surface area contributed by atoms with Crippen LogP contribution in [0, 0.1) is 4.77 Å². The van der Waals surface area contributed by atoms with Gasteiger partial charge in [-0.05, 0) is 56.2 Å². The van der Waals surface area contributed by atoms with Gasteiger partial charge in [-0.15, -0.1) is 0 Å². The number of hydrogen-bond donors (Lipinski definition) is 1. The topological polar surface area (TPSA) is 71.0 Å². The molecule has 1 aliphatic heterocycles. The maximum Gasteiger partial charge on any atom is 0.243 e. The number of sulfonamides is 1. The fourth-order valence-electron chi connectivity index (χ4n) is 3.04. The van der Waals surface area contributed by atoms with Crippen LogP contribution in [-0.2, 0) is 16.6 Å². The van der Waals surface area contributed by atoms with Crippen LogP contribution < -0.4 is 0 Å². The molecular formula is C16H22N4O2S2. The summed E-state index contributed by atoms with van der Waals surface area (Å²) in [6, 6.07) is 6.91. The maximum absolute atomic E-state index is 12.8. The van der Waals surface area contributed by atoms with Gasteiger partial charge in [-0.2, -0.15) is 9.40 Å². The maximum atomic E-state index is 12.8. The molecule has 8 heteroatoms. The number of nitrogens with one attached hydrogen (secondary N) is 1. The third kappa shape index (κ3) is 3.31. The zero-order valence-corrected chi connectivity index (χ0v) is 15.4. The van der Waals surface area contributed by atoms with E-state index in [9.17, 15) is 8.42 Å². The molecule has 2 aromatic rings. The van der Waals surface area contributed by atoms with Gasteiger partial charge in [0.25, 0.3) is 0 Å². The van der Waals surface area contributed by atoms with E-state index in [0.717, 1.165) is 37.1 Å². The smallest absolute Gasteiger partial charge is 0.243 e. The van der Waals surface area contributed by atoms with Gasteiger partial charge in [0.1, 0.15) is 0 Å². The van der Waals surface area contributed by atoms with E-state index in [4.69, 9.17) is 12.2 Å². The number of aromatic nitrogens is 3. The van der Waals surface area contributed by atoms with Crippen molar-refractivity contribution < 1.29 is 8.42 Å². The Labute approximate surface area is 147 Å². The van der Waals surface area contributed by atoms with Crippen molar-refractivity contribution >= 4 is 22.2 Å². The molecule has 6 nitrogen and oxygen atoms in total. The van der Waals surface area contributed by atoms with Gasteiger partial charge < -0.3 is 4.57 Å². The Hall–Kier alpha value is -1.51. The van der Waals surface area contributed by atoms with Gasteiger partial charge in [-0.1, -0.05) is 12.8 Å². The first-order valence-electron chi connectivity index (χ1n) is 8.30. The molecule has 0 atom stereocenters. The van der Waals surface area contributed by atoms with Gasteiger partial charge in [0.15, 0.2) is 10.6 Å². The number of rotatable bonds is 4. The molecule has 0 bridgehead atoms. The van der Waals surface area contributed by atoms with Crippen LogP contribution >= 0.6 is 12.2 Å². The predicted octanol–water partition coefficient (Wildman–Crippen LogP) is 3.19. The van der Waals surface area contributed by atoms with Crippen LogP contribution in [0.1, 0.15) is 32.6 Å². The molecule has 0 spiro atoms. The molecule has 1 aromatic heterocycles. The zero-order chi connectivity index (χ0) is 17.2. The monoisotopic (exact) mass is 366 g/mol. The summed E-state index contributed by atoms with van der Waals surface area (Å²) < 4.78 is 29.6. The van der Waals surface area contributed by atoms with Crippen molar-refractivity contribution in [3.8, 4) is 11.4 Å². The first-order valence-corrected chi connectivity index (χ1v) is 10.1. The van der Waals surface area contributed by atoms with E-state index in [1.165, 1.54) is 0 Å². The lowest BCUT2D eigenvalue weighted by atomic mass is 10.2. The second-order valence-corrected chi connectivity index (χ2v) is 8.26. The van der Waals surface area contributed by atoms with Gasteiger partial charge in [-0.25, -0.2) is 8.42 Å². The fraction of sp³-hybridized carbons (Fsp3) is 0.500. The highest BCUT2D eigenvalue weighted by Crippen LogP contribution is 2.23. The Morgan fingerprint density at radius 1 is 1.12 bits per heavy atom. The summed E-state index contributed by atoms with van der Waals surface area (Å²) in [6.07, 6.45) is 4.07. The molecule has 0 aliphatic carbocycles. The lowest BCUT2D eigenvalue weighted by Crippen LogP contribution is -2.31. The third-order valence-corrected chi connectivity index (χ3v) is 6.61. The number of benzene rings is 1. The summed E-state index contributed by atoms with van der Waals surface area (Å²) in [7, 11) is -3.42. The molecule has 24 heavy (non-hydrogen) atoms. The largest absolute Gasteiger partial charge is 0.300 e. The van der Waals surface area contributed by atoms with E-state index >= 15 is 0 Å². The molecule has 130 valence electrons. The lowest BCUT2D eigenvalue weighted by Gasteiger charge is -2.20. The van der Waals surface area contributed by atoms with E-state index < -0.39 is 10.0 Å². The molecule has 1 saturated heterocycles. The van der Waals surface area contributed by atoms with E-state index in [1.54, 1.807) is 28.6 Å².